The highest BCUT2D eigenvalue weighted by Gasteiger charge is 2.52. The van der Waals surface area contributed by atoms with E-state index in [2.05, 4.69) is 25.8 Å². The maximum absolute atomic E-state index is 12.7. The molecule has 7 heteroatoms. The number of benzene rings is 1. The van der Waals surface area contributed by atoms with Crippen LogP contribution in [-0.2, 0) is 5.41 Å². The van der Waals surface area contributed by atoms with Crippen molar-refractivity contribution in [3.05, 3.63) is 64.7 Å². The Morgan fingerprint density at radius 3 is 2.45 bits per heavy atom. The van der Waals surface area contributed by atoms with Crippen molar-refractivity contribution in [3.63, 3.8) is 0 Å². The molecule has 33 heavy (non-hydrogen) atoms. The zero-order valence-electron chi connectivity index (χ0n) is 19.2. The molecule has 7 rings (SSSR count). The van der Waals surface area contributed by atoms with Crippen molar-refractivity contribution in [3.8, 4) is 5.69 Å². The molecule has 7 nitrogen and oxygen atoms in total. The van der Waals surface area contributed by atoms with E-state index >= 15 is 0 Å². The van der Waals surface area contributed by atoms with Gasteiger partial charge in [0.1, 0.15) is 0 Å². The summed E-state index contributed by atoms with van der Waals surface area (Å²) in [5, 5.41) is 16.4. The number of para-hydroxylation sites is 1. The standard InChI is InChI=1S/C26H30N6O/c1-16-22(17(2)32(31-16)21-6-4-3-5-7-21)15-27-30-25(33)23-11-24(29-28-23)26-12-18-8-19(13-26)10-20(9-18)14-26/h3-7,11,15,18-20H,8-10,12-14H2,1-2H3,(H,28,29)(H,30,33)/b27-15-. The summed E-state index contributed by atoms with van der Waals surface area (Å²) in [4.78, 5) is 12.7. The van der Waals surface area contributed by atoms with Crippen LogP contribution in [0.3, 0.4) is 0 Å². The van der Waals surface area contributed by atoms with Crippen LogP contribution in [0.15, 0.2) is 41.5 Å². The number of nitrogens with zero attached hydrogens (tertiary/aromatic N) is 4. The van der Waals surface area contributed by atoms with Crippen molar-refractivity contribution in [1.82, 2.24) is 25.4 Å². The van der Waals surface area contributed by atoms with Crippen LogP contribution < -0.4 is 5.43 Å². The number of aromatic amines is 1. The SMILES string of the molecule is Cc1nn(-c2ccccc2)c(C)c1/C=N\NC(=O)c1cc(C23CC4CC(CC(C4)C2)C3)[nH]n1. The van der Waals surface area contributed by atoms with Gasteiger partial charge >= 0.3 is 0 Å². The van der Waals surface area contributed by atoms with Crippen LogP contribution in [0.5, 0.6) is 0 Å². The number of carbonyl (C=O) groups is 1. The first-order valence-electron chi connectivity index (χ1n) is 12.0. The number of hydrazone groups is 1. The first-order chi connectivity index (χ1) is 16.0. The van der Waals surface area contributed by atoms with Gasteiger partial charge in [-0.3, -0.25) is 9.89 Å². The number of hydrogen-bond donors (Lipinski definition) is 2. The van der Waals surface area contributed by atoms with Gasteiger partial charge in [0.25, 0.3) is 5.91 Å². The maximum Gasteiger partial charge on any atom is 0.291 e. The van der Waals surface area contributed by atoms with Crippen LogP contribution in [-0.4, -0.2) is 32.1 Å². The number of carbonyl (C=O) groups excluding carboxylic acids is 1. The summed E-state index contributed by atoms with van der Waals surface area (Å²) in [5.41, 5.74) is 8.13. The number of aryl methyl sites for hydroxylation is 1. The molecule has 2 aromatic heterocycles. The second-order valence-electron chi connectivity index (χ2n) is 10.4. The zero-order valence-corrected chi connectivity index (χ0v) is 19.2. The van der Waals surface area contributed by atoms with Crippen molar-refractivity contribution >= 4 is 12.1 Å². The molecule has 0 atom stereocenters. The molecule has 170 valence electrons. The van der Waals surface area contributed by atoms with E-state index in [9.17, 15) is 4.79 Å². The van der Waals surface area contributed by atoms with E-state index in [-0.39, 0.29) is 11.3 Å². The Kier molecular flexibility index (Phi) is 4.75. The number of amides is 1. The Morgan fingerprint density at radius 1 is 1.12 bits per heavy atom. The normalized spacial score (nSPS) is 28.0. The van der Waals surface area contributed by atoms with Crippen LogP contribution in [0.1, 0.15) is 71.7 Å². The summed E-state index contributed by atoms with van der Waals surface area (Å²) in [6.07, 6.45) is 9.58. The molecule has 1 aromatic carbocycles. The van der Waals surface area contributed by atoms with Gasteiger partial charge in [-0.1, -0.05) is 18.2 Å². The Morgan fingerprint density at radius 2 is 1.79 bits per heavy atom. The zero-order chi connectivity index (χ0) is 22.6. The van der Waals surface area contributed by atoms with Crippen LogP contribution in [0.25, 0.3) is 5.69 Å². The molecule has 4 aliphatic carbocycles. The third-order valence-corrected chi connectivity index (χ3v) is 8.13. The van der Waals surface area contributed by atoms with Gasteiger partial charge in [-0.2, -0.15) is 15.3 Å². The fraction of sp³-hybridized carbons (Fsp3) is 0.462. The van der Waals surface area contributed by atoms with E-state index in [1.165, 1.54) is 38.5 Å². The van der Waals surface area contributed by atoms with E-state index in [4.69, 9.17) is 0 Å². The minimum Gasteiger partial charge on any atom is -0.281 e. The third-order valence-electron chi connectivity index (χ3n) is 8.13. The first kappa shape index (κ1) is 20.4. The second kappa shape index (κ2) is 7.68. The molecule has 2 N–H and O–H groups in total. The lowest BCUT2D eigenvalue weighted by Gasteiger charge is -2.56. The average Bonchev–Trinajstić information content (AvgIpc) is 3.40. The molecule has 3 aromatic rings. The number of rotatable bonds is 5. The molecule has 4 aliphatic rings. The van der Waals surface area contributed by atoms with Gasteiger partial charge in [0.15, 0.2) is 5.69 Å². The third kappa shape index (κ3) is 3.50. The number of hydrogen-bond acceptors (Lipinski definition) is 4. The van der Waals surface area contributed by atoms with Gasteiger partial charge in [-0.05, 0) is 88.3 Å². The summed E-state index contributed by atoms with van der Waals surface area (Å²) in [6, 6.07) is 11.9. The molecule has 0 unspecified atom stereocenters. The molecule has 0 spiro atoms. The van der Waals surface area contributed by atoms with Crippen molar-refractivity contribution < 1.29 is 4.79 Å². The fourth-order valence-corrected chi connectivity index (χ4v) is 7.03. The van der Waals surface area contributed by atoms with E-state index < -0.39 is 0 Å². The Labute approximate surface area is 193 Å². The topological polar surface area (TPSA) is 88.0 Å². The van der Waals surface area contributed by atoms with E-state index in [1.807, 2.05) is 54.9 Å². The van der Waals surface area contributed by atoms with Crippen LogP contribution in [0, 0.1) is 31.6 Å². The lowest BCUT2D eigenvalue weighted by atomic mass is 9.49. The van der Waals surface area contributed by atoms with Gasteiger partial charge in [-0.15, -0.1) is 0 Å². The number of nitrogens with one attached hydrogen (secondary N) is 2. The van der Waals surface area contributed by atoms with Crippen LogP contribution >= 0.6 is 0 Å². The molecule has 0 aliphatic heterocycles. The van der Waals surface area contributed by atoms with Gasteiger partial charge in [0, 0.05) is 16.7 Å². The van der Waals surface area contributed by atoms with Crippen molar-refractivity contribution in [1.29, 1.82) is 0 Å². The Hall–Kier alpha value is -3.22. The second-order valence-corrected chi connectivity index (χ2v) is 10.4. The fourth-order valence-electron chi connectivity index (χ4n) is 7.03. The first-order valence-corrected chi connectivity index (χ1v) is 12.0. The smallest absolute Gasteiger partial charge is 0.281 e. The van der Waals surface area contributed by atoms with Crippen molar-refractivity contribution in [2.24, 2.45) is 22.9 Å². The van der Waals surface area contributed by atoms with Gasteiger partial charge in [0.05, 0.1) is 23.3 Å². The minimum atomic E-state index is -0.288. The summed E-state index contributed by atoms with van der Waals surface area (Å²) in [5.74, 6) is 2.27. The summed E-state index contributed by atoms with van der Waals surface area (Å²) >= 11 is 0. The van der Waals surface area contributed by atoms with Gasteiger partial charge in [-0.25, -0.2) is 10.1 Å². The number of H-pyrrole nitrogens is 1. The van der Waals surface area contributed by atoms with Crippen LogP contribution in [0.4, 0.5) is 0 Å². The van der Waals surface area contributed by atoms with Gasteiger partial charge in [0.2, 0.25) is 0 Å². The van der Waals surface area contributed by atoms with E-state index in [0.717, 1.165) is 46.1 Å². The Bertz CT molecular complexity index is 1190. The van der Waals surface area contributed by atoms with Crippen molar-refractivity contribution in [2.75, 3.05) is 0 Å². The molecule has 0 radical (unpaired) electrons. The highest BCUT2D eigenvalue weighted by atomic mass is 16.2. The summed E-state index contributed by atoms with van der Waals surface area (Å²) in [7, 11) is 0. The summed E-state index contributed by atoms with van der Waals surface area (Å²) < 4.78 is 1.89. The minimum absolute atomic E-state index is 0.198. The summed E-state index contributed by atoms with van der Waals surface area (Å²) in [6.45, 7) is 3.95. The van der Waals surface area contributed by atoms with Gasteiger partial charge < -0.3 is 0 Å². The lowest BCUT2D eigenvalue weighted by molar-refractivity contribution is -0.00721. The molecule has 4 fully saturated rings. The molecule has 2 heterocycles. The predicted octanol–water partition coefficient (Wildman–Crippen LogP) is 4.44. The van der Waals surface area contributed by atoms with Crippen molar-refractivity contribution in [2.45, 2.75) is 57.8 Å². The lowest BCUT2D eigenvalue weighted by Crippen LogP contribution is -2.48. The quantitative estimate of drug-likeness (QED) is 0.452. The maximum atomic E-state index is 12.7. The highest BCUT2D eigenvalue weighted by Crippen LogP contribution is 2.60. The number of aromatic nitrogens is 4. The molecule has 4 bridgehead atoms. The Balaban J connectivity index is 1.16. The largest absolute Gasteiger partial charge is 0.291 e. The average molecular weight is 443 g/mol. The molecular weight excluding hydrogens is 412 g/mol. The monoisotopic (exact) mass is 442 g/mol. The highest BCUT2D eigenvalue weighted by molar-refractivity contribution is 5.93. The molecule has 1 amide bonds. The van der Waals surface area contributed by atoms with Crippen LogP contribution in [0.2, 0.25) is 0 Å². The molecule has 4 saturated carbocycles. The molecule has 0 saturated heterocycles. The van der Waals surface area contributed by atoms with E-state index in [1.54, 1.807) is 6.21 Å². The molecular formula is C26H30N6O. The van der Waals surface area contributed by atoms with E-state index in [0.29, 0.717) is 5.69 Å². The predicted molar refractivity (Wildman–Crippen MR) is 127 cm³/mol.